The van der Waals surface area contributed by atoms with E-state index in [9.17, 15) is 9.59 Å². The zero-order chi connectivity index (χ0) is 13.8. The molecule has 0 aromatic carbocycles. The van der Waals surface area contributed by atoms with Crippen LogP contribution in [0.4, 0.5) is 4.79 Å². The highest BCUT2D eigenvalue weighted by molar-refractivity contribution is 5.76. The van der Waals surface area contributed by atoms with E-state index in [1.54, 1.807) is 34.6 Å². The highest BCUT2D eigenvalue weighted by Crippen LogP contribution is 2.10. The van der Waals surface area contributed by atoms with Gasteiger partial charge >= 0.3 is 12.1 Å². The SMILES string of the molecule is CC(C)C(NC(=O)OC(C)(C)C)C(N)C(=O)O. The first kappa shape index (κ1) is 15.7. The predicted octanol–water partition coefficient (Wildman–Crippen LogP) is 0.948. The molecule has 0 aromatic heterocycles. The van der Waals surface area contributed by atoms with Gasteiger partial charge in [-0.1, -0.05) is 13.8 Å². The van der Waals surface area contributed by atoms with E-state index in [0.717, 1.165) is 0 Å². The molecule has 0 aromatic rings. The van der Waals surface area contributed by atoms with E-state index in [2.05, 4.69) is 5.32 Å². The molecule has 0 fully saturated rings. The molecule has 0 rings (SSSR count). The van der Waals surface area contributed by atoms with E-state index in [0.29, 0.717) is 0 Å². The molecule has 0 aliphatic carbocycles. The smallest absolute Gasteiger partial charge is 0.407 e. The number of hydrogen-bond acceptors (Lipinski definition) is 4. The molecule has 2 atom stereocenters. The maximum atomic E-state index is 11.5. The van der Waals surface area contributed by atoms with Gasteiger partial charge in [-0.25, -0.2) is 4.79 Å². The molecule has 6 heteroatoms. The van der Waals surface area contributed by atoms with E-state index in [4.69, 9.17) is 15.6 Å². The van der Waals surface area contributed by atoms with Gasteiger partial charge in [-0.3, -0.25) is 4.79 Å². The highest BCUT2D eigenvalue weighted by atomic mass is 16.6. The summed E-state index contributed by atoms with van der Waals surface area (Å²) < 4.78 is 5.05. The number of carbonyl (C=O) groups excluding carboxylic acids is 1. The van der Waals surface area contributed by atoms with Crippen molar-refractivity contribution in [2.24, 2.45) is 11.7 Å². The van der Waals surface area contributed by atoms with Gasteiger partial charge in [0, 0.05) is 0 Å². The fourth-order valence-corrected chi connectivity index (χ4v) is 1.27. The normalized spacial score (nSPS) is 15.2. The van der Waals surface area contributed by atoms with Gasteiger partial charge in [-0.2, -0.15) is 0 Å². The van der Waals surface area contributed by atoms with Crippen molar-refractivity contribution in [1.29, 1.82) is 0 Å². The summed E-state index contributed by atoms with van der Waals surface area (Å²) in [7, 11) is 0. The Labute approximate surface area is 102 Å². The summed E-state index contributed by atoms with van der Waals surface area (Å²) in [5.74, 6) is -1.26. The van der Waals surface area contributed by atoms with Crippen LogP contribution in [0.25, 0.3) is 0 Å². The monoisotopic (exact) mass is 246 g/mol. The van der Waals surface area contributed by atoms with E-state index < -0.39 is 29.7 Å². The molecule has 0 saturated carbocycles. The van der Waals surface area contributed by atoms with Crippen LogP contribution < -0.4 is 11.1 Å². The molecule has 17 heavy (non-hydrogen) atoms. The minimum absolute atomic E-state index is 0.103. The van der Waals surface area contributed by atoms with Gasteiger partial charge in [0.05, 0.1) is 6.04 Å². The van der Waals surface area contributed by atoms with E-state index in [-0.39, 0.29) is 5.92 Å². The number of carboxylic acids is 1. The van der Waals surface area contributed by atoms with Gasteiger partial charge < -0.3 is 20.9 Å². The topological polar surface area (TPSA) is 102 Å². The second kappa shape index (κ2) is 5.86. The number of alkyl carbamates (subject to hydrolysis) is 1. The maximum absolute atomic E-state index is 11.5. The van der Waals surface area contributed by atoms with Crippen LogP contribution in [0.3, 0.4) is 0 Å². The first-order chi connectivity index (χ1) is 7.54. The van der Waals surface area contributed by atoms with Crippen molar-refractivity contribution in [3.05, 3.63) is 0 Å². The van der Waals surface area contributed by atoms with Crippen LogP contribution in [0.15, 0.2) is 0 Å². The van der Waals surface area contributed by atoms with Crippen LogP contribution in [0.1, 0.15) is 34.6 Å². The van der Waals surface area contributed by atoms with Crippen LogP contribution in [0.2, 0.25) is 0 Å². The first-order valence-electron chi connectivity index (χ1n) is 5.52. The molecule has 2 unspecified atom stereocenters. The molecule has 0 radical (unpaired) electrons. The summed E-state index contributed by atoms with van der Waals surface area (Å²) in [6.45, 7) is 8.76. The standard InChI is InChI=1S/C11H22N2O4/c1-6(2)8(7(12)9(14)15)13-10(16)17-11(3,4)5/h6-8H,12H2,1-5H3,(H,13,16)(H,14,15). The second-order valence-electron chi connectivity index (χ2n) is 5.28. The molecular formula is C11H22N2O4. The molecule has 0 aliphatic heterocycles. The zero-order valence-electron chi connectivity index (χ0n) is 11.0. The average Bonchev–Trinajstić information content (AvgIpc) is 2.09. The predicted molar refractivity (Wildman–Crippen MR) is 63.6 cm³/mol. The Morgan fingerprint density at radius 2 is 1.76 bits per heavy atom. The molecular weight excluding hydrogens is 224 g/mol. The number of carbonyl (C=O) groups is 2. The average molecular weight is 246 g/mol. The van der Waals surface area contributed by atoms with Crippen molar-refractivity contribution in [3.63, 3.8) is 0 Å². The molecule has 4 N–H and O–H groups in total. The van der Waals surface area contributed by atoms with Crippen molar-refractivity contribution < 1.29 is 19.4 Å². The van der Waals surface area contributed by atoms with E-state index >= 15 is 0 Å². The zero-order valence-corrected chi connectivity index (χ0v) is 11.0. The lowest BCUT2D eigenvalue weighted by molar-refractivity contribution is -0.139. The largest absolute Gasteiger partial charge is 0.480 e. The molecule has 0 aliphatic rings. The summed E-state index contributed by atoms with van der Waals surface area (Å²) in [6.07, 6.45) is -0.659. The molecule has 6 nitrogen and oxygen atoms in total. The van der Waals surface area contributed by atoms with E-state index in [1.165, 1.54) is 0 Å². The Morgan fingerprint density at radius 3 is 2.06 bits per heavy atom. The Bertz CT molecular complexity index is 284. The lowest BCUT2D eigenvalue weighted by Gasteiger charge is -2.27. The number of amides is 1. The Hall–Kier alpha value is -1.30. The number of carboxylic acid groups (broad SMARTS) is 1. The number of nitrogens with one attached hydrogen (secondary N) is 1. The van der Waals surface area contributed by atoms with Gasteiger partial charge in [0.15, 0.2) is 0 Å². The van der Waals surface area contributed by atoms with Crippen molar-refractivity contribution >= 4 is 12.1 Å². The van der Waals surface area contributed by atoms with Crippen molar-refractivity contribution in [3.8, 4) is 0 Å². The third kappa shape index (κ3) is 6.11. The van der Waals surface area contributed by atoms with Gasteiger partial charge in [0.1, 0.15) is 11.6 Å². The summed E-state index contributed by atoms with van der Waals surface area (Å²) in [6, 6.07) is -1.81. The number of rotatable bonds is 4. The van der Waals surface area contributed by atoms with Crippen LogP contribution in [-0.4, -0.2) is 34.9 Å². The fourth-order valence-electron chi connectivity index (χ4n) is 1.27. The molecule has 0 heterocycles. The van der Waals surface area contributed by atoms with Gasteiger partial charge in [-0.05, 0) is 26.7 Å². The maximum Gasteiger partial charge on any atom is 0.407 e. The van der Waals surface area contributed by atoms with Gasteiger partial charge in [-0.15, -0.1) is 0 Å². The third-order valence-corrected chi connectivity index (χ3v) is 2.07. The number of aliphatic carboxylic acids is 1. The van der Waals surface area contributed by atoms with E-state index in [1.807, 2.05) is 0 Å². The van der Waals surface area contributed by atoms with Gasteiger partial charge in [0.2, 0.25) is 0 Å². The van der Waals surface area contributed by atoms with Crippen LogP contribution in [0.5, 0.6) is 0 Å². The van der Waals surface area contributed by atoms with Crippen molar-refractivity contribution in [1.82, 2.24) is 5.32 Å². The highest BCUT2D eigenvalue weighted by Gasteiger charge is 2.30. The lowest BCUT2D eigenvalue weighted by atomic mass is 9.97. The van der Waals surface area contributed by atoms with Crippen molar-refractivity contribution in [2.75, 3.05) is 0 Å². The number of nitrogens with two attached hydrogens (primary N) is 1. The second-order valence-corrected chi connectivity index (χ2v) is 5.28. The Balaban J connectivity index is 4.57. The van der Waals surface area contributed by atoms with Crippen molar-refractivity contribution in [2.45, 2.75) is 52.3 Å². The number of ether oxygens (including phenoxy) is 1. The Kier molecular flexibility index (Phi) is 5.41. The fraction of sp³-hybridized carbons (Fsp3) is 0.818. The summed E-state index contributed by atoms with van der Waals surface area (Å²) >= 11 is 0. The third-order valence-electron chi connectivity index (χ3n) is 2.07. The molecule has 100 valence electrons. The number of hydrogen-bond donors (Lipinski definition) is 3. The molecule has 0 spiro atoms. The van der Waals surface area contributed by atoms with Crippen LogP contribution in [0, 0.1) is 5.92 Å². The molecule has 1 amide bonds. The molecule has 0 bridgehead atoms. The lowest BCUT2D eigenvalue weighted by Crippen LogP contribution is -2.55. The minimum Gasteiger partial charge on any atom is -0.480 e. The summed E-state index contributed by atoms with van der Waals surface area (Å²) in [5.41, 5.74) is 4.88. The quantitative estimate of drug-likeness (QED) is 0.685. The van der Waals surface area contributed by atoms with Crippen LogP contribution >= 0.6 is 0 Å². The molecule has 0 saturated heterocycles. The summed E-state index contributed by atoms with van der Waals surface area (Å²) in [5, 5.41) is 11.3. The Morgan fingerprint density at radius 1 is 1.29 bits per heavy atom. The van der Waals surface area contributed by atoms with Crippen LogP contribution in [-0.2, 0) is 9.53 Å². The minimum atomic E-state index is -1.15. The first-order valence-corrected chi connectivity index (χ1v) is 5.52. The van der Waals surface area contributed by atoms with Gasteiger partial charge in [0.25, 0.3) is 0 Å². The summed E-state index contributed by atoms with van der Waals surface area (Å²) in [4.78, 5) is 22.3.